The van der Waals surface area contributed by atoms with Gasteiger partial charge in [0.25, 0.3) is 5.91 Å². The van der Waals surface area contributed by atoms with E-state index in [4.69, 9.17) is 21.1 Å². The summed E-state index contributed by atoms with van der Waals surface area (Å²) in [6, 6.07) is 12.4. The third-order valence-electron chi connectivity index (χ3n) is 3.36. The number of hydrogen-bond acceptors (Lipinski definition) is 3. The maximum atomic E-state index is 12.2. The summed E-state index contributed by atoms with van der Waals surface area (Å²) in [5, 5.41) is 3.36. The Balaban J connectivity index is 1.76. The lowest BCUT2D eigenvalue weighted by atomic mass is 10.1. The Hall–Kier alpha value is -2.20. The Labute approximate surface area is 127 Å². The second-order valence-electron chi connectivity index (χ2n) is 4.79. The molecule has 1 aliphatic heterocycles. The minimum Gasteiger partial charge on any atom is -0.454 e. The summed E-state index contributed by atoms with van der Waals surface area (Å²) in [7, 11) is 0. The first-order chi connectivity index (χ1) is 10.1. The molecule has 1 N–H and O–H groups in total. The fourth-order valence-electron chi connectivity index (χ4n) is 2.19. The molecule has 1 amide bonds. The van der Waals surface area contributed by atoms with Gasteiger partial charge < -0.3 is 14.8 Å². The zero-order valence-corrected chi connectivity index (χ0v) is 12.2. The van der Waals surface area contributed by atoms with E-state index in [1.165, 1.54) is 0 Å². The van der Waals surface area contributed by atoms with Gasteiger partial charge in [0.2, 0.25) is 6.79 Å². The first kappa shape index (κ1) is 13.8. The first-order valence-electron chi connectivity index (χ1n) is 6.60. The predicted molar refractivity (Wildman–Crippen MR) is 79.9 cm³/mol. The molecule has 3 rings (SSSR count). The van der Waals surface area contributed by atoms with E-state index in [2.05, 4.69) is 5.32 Å². The fourth-order valence-corrected chi connectivity index (χ4v) is 2.41. The van der Waals surface area contributed by atoms with E-state index in [1.807, 2.05) is 25.1 Å². The van der Waals surface area contributed by atoms with Crippen LogP contribution in [-0.4, -0.2) is 12.7 Å². The highest BCUT2D eigenvalue weighted by Gasteiger charge is 2.18. The molecule has 0 saturated carbocycles. The number of halogens is 1. The van der Waals surface area contributed by atoms with E-state index in [-0.39, 0.29) is 18.7 Å². The molecule has 108 valence electrons. The van der Waals surface area contributed by atoms with Crippen LogP contribution in [0.5, 0.6) is 11.5 Å². The zero-order chi connectivity index (χ0) is 14.8. The summed E-state index contributed by atoms with van der Waals surface area (Å²) >= 11 is 6.03. The van der Waals surface area contributed by atoms with Crippen LogP contribution in [-0.2, 0) is 0 Å². The Morgan fingerprint density at radius 1 is 1.19 bits per heavy atom. The highest BCUT2D eigenvalue weighted by atomic mass is 35.5. The molecule has 0 spiro atoms. The van der Waals surface area contributed by atoms with Gasteiger partial charge in [0.15, 0.2) is 11.5 Å². The lowest BCUT2D eigenvalue weighted by molar-refractivity contribution is 0.0940. The molecule has 1 aliphatic rings. The molecule has 1 heterocycles. The van der Waals surface area contributed by atoms with Gasteiger partial charge in [-0.15, -0.1) is 0 Å². The van der Waals surface area contributed by atoms with Gasteiger partial charge >= 0.3 is 0 Å². The summed E-state index contributed by atoms with van der Waals surface area (Å²) in [5.41, 5.74) is 1.41. The molecule has 0 radical (unpaired) electrons. The van der Waals surface area contributed by atoms with Gasteiger partial charge in [-0.2, -0.15) is 0 Å². The van der Waals surface area contributed by atoms with Crippen LogP contribution in [0.2, 0.25) is 5.02 Å². The molecule has 4 nitrogen and oxygen atoms in total. The smallest absolute Gasteiger partial charge is 0.253 e. The fraction of sp³-hybridized carbons (Fsp3) is 0.188. The van der Waals surface area contributed by atoms with Crippen molar-refractivity contribution < 1.29 is 14.3 Å². The maximum absolute atomic E-state index is 12.2. The van der Waals surface area contributed by atoms with E-state index in [1.54, 1.807) is 24.3 Å². The van der Waals surface area contributed by atoms with Crippen LogP contribution in [0.1, 0.15) is 28.9 Å². The number of nitrogens with one attached hydrogen (secondary N) is 1. The normalized spacial score (nSPS) is 13.8. The van der Waals surface area contributed by atoms with Crippen molar-refractivity contribution in [3.63, 3.8) is 0 Å². The number of benzene rings is 2. The number of hydrogen-bond donors (Lipinski definition) is 1. The van der Waals surface area contributed by atoms with Crippen molar-refractivity contribution in [2.45, 2.75) is 13.0 Å². The van der Waals surface area contributed by atoms with Crippen molar-refractivity contribution >= 4 is 17.5 Å². The van der Waals surface area contributed by atoms with Crippen LogP contribution < -0.4 is 14.8 Å². The van der Waals surface area contributed by atoms with Crippen molar-refractivity contribution in [1.82, 2.24) is 5.32 Å². The Morgan fingerprint density at radius 2 is 1.95 bits per heavy atom. The summed E-state index contributed by atoms with van der Waals surface area (Å²) < 4.78 is 10.6. The topological polar surface area (TPSA) is 47.6 Å². The molecule has 2 aromatic rings. The highest BCUT2D eigenvalue weighted by molar-refractivity contribution is 6.33. The van der Waals surface area contributed by atoms with Crippen molar-refractivity contribution in [2.24, 2.45) is 0 Å². The molecular weight excluding hydrogens is 290 g/mol. The molecule has 0 fully saturated rings. The van der Waals surface area contributed by atoms with Crippen LogP contribution >= 0.6 is 11.6 Å². The maximum Gasteiger partial charge on any atom is 0.253 e. The molecule has 1 atom stereocenters. The molecule has 0 aliphatic carbocycles. The lowest BCUT2D eigenvalue weighted by Crippen LogP contribution is -2.26. The van der Waals surface area contributed by atoms with Crippen LogP contribution in [0, 0.1) is 0 Å². The number of rotatable bonds is 3. The molecule has 5 heteroatoms. The van der Waals surface area contributed by atoms with Crippen molar-refractivity contribution in [3.05, 3.63) is 58.6 Å². The number of ether oxygens (including phenoxy) is 2. The first-order valence-corrected chi connectivity index (χ1v) is 6.98. The molecule has 21 heavy (non-hydrogen) atoms. The third kappa shape index (κ3) is 2.81. The molecule has 2 aromatic carbocycles. The van der Waals surface area contributed by atoms with Crippen LogP contribution in [0.25, 0.3) is 0 Å². The van der Waals surface area contributed by atoms with E-state index in [0.717, 1.165) is 11.3 Å². The molecule has 0 aromatic heterocycles. The van der Waals surface area contributed by atoms with Gasteiger partial charge in [-0.3, -0.25) is 4.79 Å². The second kappa shape index (κ2) is 5.66. The summed E-state index contributed by atoms with van der Waals surface area (Å²) in [6.07, 6.45) is 0. The monoisotopic (exact) mass is 303 g/mol. The van der Waals surface area contributed by atoms with Crippen molar-refractivity contribution in [1.29, 1.82) is 0 Å². The molecule has 0 bridgehead atoms. The SMILES string of the molecule is C[C@@H](NC(=O)c1ccccc1Cl)c1ccc2c(c1)OCO2. The van der Waals surface area contributed by atoms with Crippen LogP contribution in [0.15, 0.2) is 42.5 Å². The molecule has 0 saturated heterocycles. The zero-order valence-electron chi connectivity index (χ0n) is 11.4. The Kier molecular flexibility index (Phi) is 3.71. The van der Waals surface area contributed by atoms with E-state index >= 15 is 0 Å². The van der Waals surface area contributed by atoms with E-state index in [9.17, 15) is 4.79 Å². The average Bonchev–Trinajstić information content (AvgIpc) is 2.94. The van der Waals surface area contributed by atoms with Gasteiger partial charge in [-0.05, 0) is 36.8 Å². The predicted octanol–water partition coefficient (Wildman–Crippen LogP) is 3.56. The van der Waals surface area contributed by atoms with Gasteiger partial charge in [0.1, 0.15) is 0 Å². The third-order valence-corrected chi connectivity index (χ3v) is 3.69. The molecule has 0 unspecified atom stereocenters. The van der Waals surface area contributed by atoms with Crippen molar-refractivity contribution in [3.8, 4) is 11.5 Å². The standard InChI is InChI=1S/C16H14ClNO3/c1-10(11-6-7-14-15(8-11)21-9-20-14)18-16(19)12-4-2-3-5-13(12)17/h2-8,10H,9H2,1H3,(H,18,19)/t10-/m1/s1. The van der Waals surface area contributed by atoms with Crippen LogP contribution in [0.4, 0.5) is 0 Å². The Morgan fingerprint density at radius 3 is 2.76 bits per heavy atom. The van der Waals surface area contributed by atoms with E-state index < -0.39 is 0 Å². The second-order valence-corrected chi connectivity index (χ2v) is 5.19. The van der Waals surface area contributed by atoms with Gasteiger partial charge in [-0.1, -0.05) is 29.8 Å². The lowest BCUT2D eigenvalue weighted by Gasteiger charge is -2.15. The molecular formula is C16H14ClNO3. The largest absolute Gasteiger partial charge is 0.454 e. The number of carbonyl (C=O) groups is 1. The van der Waals surface area contributed by atoms with Crippen LogP contribution in [0.3, 0.4) is 0 Å². The number of carbonyl (C=O) groups excluding carboxylic acids is 1. The van der Waals surface area contributed by atoms with Gasteiger partial charge in [-0.25, -0.2) is 0 Å². The Bertz CT molecular complexity index is 687. The van der Waals surface area contributed by atoms with Gasteiger partial charge in [0, 0.05) is 0 Å². The minimum atomic E-state index is -0.203. The van der Waals surface area contributed by atoms with E-state index in [0.29, 0.717) is 16.3 Å². The van der Waals surface area contributed by atoms with Crippen molar-refractivity contribution in [2.75, 3.05) is 6.79 Å². The summed E-state index contributed by atoms with van der Waals surface area (Å²) in [4.78, 5) is 12.2. The minimum absolute atomic E-state index is 0.164. The number of amides is 1. The summed E-state index contributed by atoms with van der Waals surface area (Å²) in [5.74, 6) is 1.22. The quantitative estimate of drug-likeness (QED) is 0.943. The highest BCUT2D eigenvalue weighted by Crippen LogP contribution is 2.34. The van der Waals surface area contributed by atoms with Gasteiger partial charge in [0.05, 0.1) is 16.6 Å². The number of fused-ring (bicyclic) bond motifs is 1. The average molecular weight is 304 g/mol. The summed E-state index contributed by atoms with van der Waals surface area (Å²) in [6.45, 7) is 2.14.